The molecule has 2 aliphatic carbocycles. The fraction of sp³-hybridized carbons (Fsp3) is 0.500. The lowest BCUT2D eigenvalue weighted by Crippen LogP contribution is -2.37. The van der Waals surface area contributed by atoms with E-state index in [9.17, 15) is 9.59 Å². The molecule has 24 heavy (non-hydrogen) atoms. The van der Waals surface area contributed by atoms with Crippen molar-refractivity contribution in [2.75, 3.05) is 6.54 Å². The average Bonchev–Trinajstić information content (AvgIpc) is 3.42. The van der Waals surface area contributed by atoms with E-state index in [1.165, 1.54) is 11.1 Å². The molecule has 4 nitrogen and oxygen atoms in total. The number of amides is 1. The molecule has 1 aromatic carbocycles. The highest BCUT2D eigenvalue weighted by Crippen LogP contribution is 2.48. The van der Waals surface area contributed by atoms with E-state index in [0.29, 0.717) is 12.5 Å². The molecule has 0 saturated heterocycles. The van der Waals surface area contributed by atoms with Gasteiger partial charge in [0.25, 0.3) is 0 Å². The number of carbonyl (C=O) groups is 2. The van der Waals surface area contributed by atoms with Crippen LogP contribution in [0.1, 0.15) is 51.5 Å². The SMILES string of the molecule is CC(C)(C)OC(=O)N(C=C1CC1c1ccccc1)CC1(C=O)CC1. The molecule has 128 valence electrons. The summed E-state index contributed by atoms with van der Waals surface area (Å²) in [5.41, 5.74) is 1.57. The molecule has 3 rings (SSSR count). The third kappa shape index (κ3) is 4.05. The summed E-state index contributed by atoms with van der Waals surface area (Å²) in [6.45, 7) is 5.97. The second kappa shape index (κ2) is 6.08. The molecule has 2 aliphatic rings. The van der Waals surface area contributed by atoms with E-state index >= 15 is 0 Å². The van der Waals surface area contributed by atoms with Crippen molar-refractivity contribution in [1.29, 1.82) is 0 Å². The first-order valence-electron chi connectivity index (χ1n) is 8.53. The maximum Gasteiger partial charge on any atom is 0.414 e. The number of ether oxygens (including phenoxy) is 1. The van der Waals surface area contributed by atoms with Crippen LogP contribution in [0.2, 0.25) is 0 Å². The minimum Gasteiger partial charge on any atom is -0.443 e. The van der Waals surface area contributed by atoms with Crippen molar-refractivity contribution in [3.8, 4) is 0 Å². The zero-order chi connectivity index (χ0) is 17.4. The second-order valence-electron chi connectivity index (χ2n) is 7.96. The summed E-state index contributed by atoms with van der Waals surface area (Å²) in [6.07, 6.45) is 5.17. The molecule has 0 heterocycles. The van der Waals surface area contributed by atoms with Crippen LogP contribution in [0.3, 0.4) is 0 Å². The highest BCUT2D eigenvalue weighted by atomic mass is 16.6. The van der Waals surface area contributed by atoms with Crippen molar-refractivity contribution in [1.82, 2.24) is 4.90 Å². The summed E-state index contributed by atoms with van der Waals surface area (Å²) in [4.78, 5) is 25.5. The second-order valence-corrected chi connectivity index (χ2v) is 7.96. The first kappa shape index (κ1) is 16.7. The summed E-state index contributed by atoms with van der Waals surface area (Å²) < 4.78 is 5.51. The van der Waals surface area contributed by atoms with Gasteiger partial charge in [-0.05, 0) is 51.2 Å². The van der Waals surface area contributed by atoms with E-state index in [4.69, 9.17) is 4.74 Å². The summed E-state index contributed by atoms with van der Waals surface area (Å²) >= 11 is 0. The van der Waals surface area contributed by atoms with Gasteiger partial charge in [0.05, 0.1) is 0 Å². The smallest absolute Gasteiger partial charge is 0.414 e. The van der Waals surface area contributed by atoms with Crippen molar-refractivity contribution in [3.05, 3.63) is 47.7 Å². The lowest BCUT2D eigenvalue weighted by atomic mass is 10.1. The number of rotatable bonds is 5. The van der Waals surface area contributed by atoms with Crippen LogP contribution in [0.25, 0.3) is 0 Å². The van der Waals surface area contributed by atoms with Gasteiger partial charge in [-0.2, -0.15) is 0 Å². The van der Waals surface area contributed by atoms with Crippen LogP contribution in [-0.4, -0.2) is 29.4 Å². The molecule has 0 radical (unpaired) electrons. The number of allylic oxidation sites excluding steroid dienone is 1. The molecule has 2 saturated carbocycles. The molecule has 0 aliphatic heterocycles. The lowest BCUT2D eigenvalue weighted by molar-refractivity contribution is -0.112. The highest BCUT2D eigenvalue weighted by molar-refractivity contribution is 5.72. The zero-order valence-electron chi connectivity index (χ0n) is 14.6. The number of hydrogen-bond donors (Lipinski definition) is 0. The summed E-state index contributed by atoms with van der Waals surface area (Å²) in [6, 6.07) is 10.3. The standard InChI is InChI=1S/C20H25NO3/c1-19(2,3)24-18(23)21(13-20(14-22)9-10-20)12-16-11-17(16)15-7-5-4-6-8-15/h4-8,12,14,17H,9-11,13H2,1-3H3. The Kier molecular flexibility index (Phi) is 4.24. The van der Waals surface area contributed by atoms with Crippen molar-refractivity contribution >= 4 is 12.4 Å². The van der Waals surface area contributed by atoms with Crippen LogP contribution >= 0.6 is 0 Å². The fourth-order valence-electron chi connectivity index (χ4n) is 2.83. The normalized spacial score (nSPS) is 22.8. The fourth-order valence-corrected chi connectivity index (χ4v) is 2.83. The Morgan fingerprint density at radius 1 is 1.29 bits per heavy atom. The highest BCUT2D eigenvalue weighted by Gasteiger charge is 2.45. The first-order chi connectivity index (χ1) is 11.3. The molecule has 0 spiro atoms. The monoisotopic (exact) mass is 327 g/mol. The van der Waals surface area contributed by atoms with Gasteiger partial charge in [0.2, 0.25) is 0 Å². The molecule has 1 amide bonds. The van der Waals surface area contributed by atoms with Crippen molar-refractivity contribution in [2.45, 2.75) is 51.6 Å². The minimum absolute atomic E-state index is 0.370. The Balaban J connectivity index is 1.74. The Labute approximate surface area is 143 Å². The lowest BCUT2D eigenvalue weighted by Gasteiger charge is -2.26. The molecule has 0 aromatic heterocycles. The summed E-state index contributed by atoms with van der Waals surface area (Å²) in [5, 5.41) is 0. The third-order valence-corrected chi connectivity index (χ3v) is 4.51. The summed E-state index contributed by atoms with van der Waals surface area (Å²) in [7, 11) is 0. The van der Waals surface area contributed by atoms with Crippen LogP contribution in [0, 0.1) is 5.41 Å². The maximum atomic E-state index is 12.5. The minimum atomic E-state index is -0.548. The molecular formula is C20H25NO3. The van der Waals surface area contributed by atoms with Crippen molar-refractivity contribution < 1.29 is 14.3 Å². The van der Waals surface area contributed by atoms with Crippen LogP contribution in [-0.2, 0) is 9.53 Å². The van der Waals surface area contributed by atoms with E-state index in [-0.39, 0.29) is 11.5 Å². The van der Waals surface area contributed by atoms with E-state index in [1.54, 1.807) is 4.90 Å². The first-order valence-corrected chi connectivity index (χ1v) is 8.53. The Bertz CT molecular complexity index is 653. The van der Waals surface area contributed by atoms with Crippen LogP contribution in [0.15, 0.2) is 42.1 Å². The van der Waals surface area contributed by atoms with Gasteiger partial charge in [0.15, 0.2) is 0 Å². The van der Waals surface area contributed by atoms with E-state index in [2.05, 4.69) is 12.1 Å². The van der Waals surface area contributed by atoms with Gasteiger partial charge in [-0.15, -0.1) is 0 Å². The van der Waals surface area contributed by atoms with Crippen molar-refractivity contribution in [3.63, 3.8) is 0 Å². The molecule has 2 fully saturated rings. The number of benzene rings is 1. The van der Waals surface area contributed by atoms with Crippen LogP contribution in [0.5, 0.6) is 0 Å². The number of carbonyl (C=O) groups excluding carboxylic acids is 2. The Morgan fingerprint density at radius 3 is 2.50 bits per heavy atom. The van der Waals surface area contributed by atoms with Gasteiger partial charge >= 0.3 is 6.09 Å². The van der Waals surface area contributed by atoms with Gasteiger partial charge in [-0.1, -0.05) is 30.3 Å². The van der Waals surface area contributed by atoms with Gasteiger partial charge in [-0.25, -0.2) is 4.79 Å². The molecule has 4 heteroatoms. The average molecular weight is 327 g/mol. The molecule has 1 aromatic rings. The number of nitrogens with zero attached hydrogens (tertiary/aromatic N) is 1. The van der Waals surface area contributed by atoms with Crippen LogP contribution < -0.4 is 0 Å². The molecule has 0 N–H and O–H groups in total. The zero-order valence-corrected chi connectivity index (χ0v) is 14.6. The number of hydrogen-bond acceptors (Lipinski definition) is 3. The molecule has 0 bridgehead atoms. The van der Waals surface area contributed by atoms with Gasteiger partial charge in [0, 0.05) is 24.1 Å². The quantitative estimate of drug-likeness (QED) is 0.759. The van der Waals surface area contributed by atoms with Gasteiger partial charge in [-0.3, -0.25) is 4.90 Å². The predicted molar refractivity (Wildman–Crippen MR) is 92.6 cm³/mol. The molecule has 1 atom stereocenters. The Morgan fingerprint density at radius 2 is 1.96 bits per heavy atom. The van der Waals surface area contributed by atoms with Crippen molar-refractivity contribution in [2.24, 2.45) is 5.41 Å². The largest absolute Gasteiger partial charge is 0.443 e. The third-order valence-electron chi connectivity index (χ3n) is 4.51. The van der Waals surface area contributed by atoms with Gasteiger partial charge < -0.3 is 9.53 Å². The predicted octanol–water partition coefficient (Wildman–Crippen LogP) is 4.27. The van der Waals surface area contributed by atoms with E-state index in [0.717, 1.165) is 25.5 Å². The summed E-state index contributed by atoms with van der Waals surface area (Å²) in [5.74, 6) is 0.377. The topological polar surface area (TPSA) is 46.6 Å². The number of aldehydes is 1. The molecule has 1 unspecified atom stereocenters. The van der Waals surface area contributed by atoms with Crippen LogP contribution in [0.4, 0.5) is 4.79 Å². The maximum absolute atomic E-state index is 12.5. The molecular weight excluding hydrogens is 302 g/mol. The van der Waals surface area contributed by atoms with Gasteiger partial charge in [0.1, 0.15) is 11.9 Å². The Hall–Kier alpha value is -2.10. The van der Waals surface area contributed by atoms with E-state index in [1.807, 2.05) is 45.2 Å². The van der Waals surface area contributed by atoms with E-state index < -0.39 is 5.60 Å².